The van der Waals surface area contributed by atoms with Crippen molar-refractivity contribution in [3.8, 4) is 22.0 Å². The summed E-state index contributed by atoms with van der Waals surface area (Å²) in [6, 6.07) is 18.1. The standard InChI is InChI=1S/C23H22ClN5OS/c24-18-5-3-4-17(14-18)21-8-7-19(31-21)15-28-10-12-29(13-11-28)16-22-26-23(27-30-22)20-6-1-2-9-25-20/h1-9,14H,10-13,15-16H2. The average molecular weight is 452 g/mol. The van der Waals surface area contributed by atoms with E-state index in [1.165, 1.54) is 15.3 Å². The van der Waals surface area contributed by atoms with Gasteiger partial charge in [-0.1, -0.05) is 35.0 Å². The van der Waals surface area contributed by atoms with Crippen LogP contribution in [0.5, 0.6) is 0 Å². The second-order valence-electron chi connectivity index (χ2n) is 7.56. The van der Waals surface area contributed by atoms with Crippen LogP contribution in [-0.4, -0.2) is 51.1 Å². The Kier molecular flexibility index (Phi) is 6.08. The van der Waals surface area contributed by atoms with Crippen molar-refractivity contribution >= 4 is 22.9 Å². The number of rotatable bonds is 6. The summed E-state index contributed by atoms with van der Waals surface area (Å²) < 4.78 is 5.43. The summed E-state index contributed by atoms with van der Waals surface area (Å²) >= 11 is 7.97. The Labute approximate surface area is 190 Å². The van der Waals surface area contributed by atoms with Gasteiger partial charge < -0.3 is 4.52 Å². The number of halogens is 1. The van der Waals surface area contributed by atoms with Gasteiger partial charge in [0.05, 0.1) is 6.54 Å². The fraction of sp³-hybridized carbons (Fsp3) is 0.261. The Balaban J connectivity index is 1.13. The number of thiophene rings is 1. The lowest BCUT2D eigenvalue weighted by Gasteiger charge is -2.33. The lowest BCUT2D eigenvalue weighted by atomic mass is 10.2. The molecule has 8 heteroatoms. The van der Waals surface area contributed by atoms with Gasteiger partial charge in [0.25, 0.3) is 0 Å². The minimum Gasteiger partial charge on any atom is -0.337 e. The molecular weight excluding hydrogens is 430 g/mol. The molecule has 0 aliphatic carbocycles. The monoisotopic (exact) mass is 451 g/mol. The molecule has 0 spiro atoms. The van der Waals surface area contributed by atoms with E-state index < -0.39 is 0 Å². The predicted molar refractivity (Wildman–Crippen MR) is 123 cm³/mol. The van der Waals surface area contributed by atoms with Gasteiger partial charge in [0.1, 0.15) is 5.69 Å². The molecule has 1 aromatic carbocycles. The predicted octanol–water partition coefficient (Wildman–Crippen LogP) is 4.83. The number of hydrogen-bond donors (Lipinski definition) is 0. The molecule has 0 unspecified atom stereocenters. The fourth-order valence-electron chi connectivity index (χ4n) is 3.70. The number of nitrogens with zero attached hydrogens (tertiary/aromatic N) is 5. The number of aromatic nitrogens is 3. The van der Waals surface area contributed by atoms with Crippen molar-refractivity contribution in [3.05, 3.63) is 76.6 Å². The van der Waals surface area contributed by atoms with Gasteiger partial charge in [-0.05, 0) is 42.0 Å². The van der Waals surface area contributed by atoms with Gasteiger partial charge in [0.15, 0.2) is 0 Å². The summed E-state index contributed by atoms with van der Waals surface area (Å²) in [6.07, 6.45) is 1.73. The van der Waals surface area contributed by atoms with Crippen molar-refractivity contribution in [2.75, 3.05) is 26.2 Å². The summed E-state index contributed by atoms with van der Waals surface area (Å²) in [5.74, 6) is 1.18. The topological polar surface area (TPSA) is 58.3 Å². The summed E-state index contributed by atoms with van der Waals surface area (Å²) in [6.45, 7) is 5.65. The SMILES string of the molecule is Clc1cccc(-c2ccc(CN3CCN(Cc4nc(-c5ccccn5)no4)CC3)s2)c1. The largest absolute Gasteiger partial charge is 0.337 e. The maximum absolute atomic E-state index is 6.13. The highest BCUT2D eigenvalue weighted by molar-refractivity contribution is 7.15. The third-order valence-electron chi connectivity index (χ3n) is 5.34. The van der Waals surface area contributed by atoms with Crippen molar-refractivity contribution in [1.82, 2.24) is 24.9 Å². The molecule has 4 aromatic rings. The van der Waals surface area contributed by atoms with Gasteiger partial charge in [-0.15, -0.1) is 11.3 Å². The van der Waals surface area contributed by atoms with E-state index in [-0.39, 0.29) is 0 Å². The van der Waals surface area contributed by atoms with Crippen LogP contribution in [0.1, 0.15) is 10.8 Å². The van der Waals surface area contributed by atoms with Crippen molar-refractivity contribution in [2.24, 2.45) is 0 Å². The van der Waals surface area contributed by atoms with Crippen LogP contribution in [0.2, 0.25) is 5.02 Å². The molecule has 0 atom stereocenters. The molecule has 0 saturated carbocycles. The minimum atomic E-state index is 0.544. The molecule has 5 rings (SSSR count). The molecule has 3 aromatic heterocycles. The number of hydrogen-bond acceptors (Lipinski definition) is 7. The maximum Gasteiger partial charge on any atom is 0.241 e. The lowest BCUT2D eigenvalue weighted by Crippen LogP contribution is -2.45. The Morgan fingerprint density at radius 1 is 0.935 bits per heavy atom. The quantitative estimate of drug-likeness (QED) is 0.418. The third-order valence-corrected chi connectivity index (χ3v) is 6.69. The van der Waals surface area contributed by atoms with E-state index in [0.29, 0.717) is 18.3 Å². The summed E-state index contributed by atoms with van der Waals surface area (Å²) in [7, 11) is 0. The zero-order valence-electron chi connectivity index (χ0n) is 16.9. The molecule has 31 heavy (non-hydrogen) atoms. The molecule has 1 aliphatic rings. The van der Waals surface area contributed by atoms with Crippen LogP contribution in [0.15, 0.2) is 65.3 Å². The van der Waals surface area contributed by atoms with Gasteiger partial charge in [-0.25, -0.2) is 0 Å². The Bertz CT molecular complexity index is 1140. The smallest absolute Gasteiger partial charge is 0.241 e. The molecule has 0 N–H and O–H groups in total. The molecule has 0 amide bonds. The highest BCUT2D eigenvalue weighted by Crippen LogP contribution is 2.30. The second-order valence-corrected chi connectivity index (χ2v) is 9.16. The van der Waals surface area contributed by atoms with E-state index in [1.54, 1.807) is 6.20 Å². The first-order chi connectivity index (χ1) is 15.2. The second kappa shape index (κ2) is 9.28. The highest BCUT2D eigenvalue weighted by atomic mass is 35.5. The molecule has 1 fully saturated rings. The summed E-state index contributed by atoms with van der Waals surface area (Å²) in [5, 5.41) is 4.84. The Morgan fingerprint density at radius 2 is 1.77 bits per heavy atom. The molecular formula is C23H22ClN5OS. The maximum atomic E-state index is 6.13. The fourth-order valence-corrected chi connectivity index (χ4v) is 4.93. The Hall–Kier alpha value is -2.58. The van der Waals surface area contributed by atoms with Crippen LogP contribution in [0.4, 0.5) is 0 Å². The zero-order valence-corrected chi connectivity index (χ0v) is 18.5. The van der Waals surface area contributed by atoms with Gasteiger partial charge in [-0.2, -0.15) is 4.98 Å². The average Bonchev–Trinajstić information content (AvgIpc) is 3.46. The molecule has 0 radical (unpaired) electrons. The van der Waals surface area contributed by atoms with Gasteiger partial charge in [-0.3, -0.25) is 14.8 Å². The number of benzene rings is 1. The van der Waals surface area contributed by atoms with Gasteiger partial charge in [0.2, 0.25) is 11.7 Å². The van der Waals surface area contributed by atoms with E-state index in [4.69, 9.17) is 16.1 Å². The van der Waals surface area contributed by atoms with Crippen LogP contribution in [0.25, 0.3) is 22.0 Å². The van der Waals surface area contributed by atoms with Crippen molar-refractivity contribution in [1.29, 1.82) is 0 Å². The number of piperazine rings is 1. The normalized spacial score (nSPS) is 15.4. The van der Waals surface area contributed by atoms with Crippen LogP contribution in [0.3, 0.4) is 0 Å². The lowest BCUT2D eigenvalue weighted by molar-refractivity contribution is 0.113. The van der Waals surface area contributed by atoms with Gasteiger partial charge >= 0.3 is 0 Å². The number of pyridine rings is 1. The summed E-state index contributed by atoms with van der Waals surface area (Å²) in [5.41, 5.74) is 1.91. The van der Waals surface area contributed by atoms with Crippen LogP contribution in [0, 0.1) is 0 Å². The molecule has 1 saturated heterocycles. The first kappa shape index (κ1) is 20.3. The van der Waals surface area contributed by atoms with Crippen molar-refractivity contribution < 1.29 is 4.52 Å². The van der Waals surface area contributed by atoms with Crippen LogP contribution < -0.4 is 0 Å². The Morgan fingerprint density at radius 3 is 2.55 bits per heavy atom. The first-order valence-corrected chi connectivity index (χ1v) is 11.5. The van der Waals surface area contributed by atoms with E-state index in [1.807, 2.05) is 47.7 Å². The van der Waals surface area contributed by atoms with Crippen molar-refractivity contribution in [2.45, 2.75) is 13.1 Å². The van der Waals surface area contributed by atoms with E-state index in [2.05, 4.69) is 43.1 Å². The third kappa shape index (κ3) is 5.02. The highest BCUT2D eigenvalue weighted by Gasteiger charge is 2.20. The van der Waals surface area contributed by atoms with E-state index >= 15 is 0 Å². The zero-order chi connectivity index (χ0) is 21.0. The summed E-state index contributed by atoms with van der Waals surface area (Å²) in [4.78, 5) is 16.3. The van der Waals surface area contributed by atoms with Gasteiger partial charge in [0, 0.05) is 53.7 Å². The molecule has 158 valence electrons. The molecule has 0 bridgehead atoms. The minimum absolute atomic E-state index is 0.544. The van der Waals surface area contributed by atoms with Crippen molar-refractivity contribution in [3.63, 3.8) is 0 Å². The van der Waals surface area contributed by atoms with Crippen LogP contribution >= 0.6 is 22.9 Å². The first-order valence-electron chi connectivity index (χ1n) is 10.3. The molecule has 6 nitrogen and oxygen atoms in total. The molecule has 4 heterocycles. The molecule has 1 aliphatic heterocycles. The van der Waals surface area contributed by atoms with E-state index in [9.17, 15) is 0 Å². The van der Waals surface area contributed by atoms with E-state index in [0.717, 1.165) is 43.4 Å². The van der Waals surface area contributed by atoms with Crippen LogP contribution in [-0.2, 0) is 13.1 Å².